The van der Waals surface area contributed by atoms with E-state index in [-0.39, 0.29) is 0 Å². The fraction of sp³-hybridized carbons (Fsp3) is 1.00. The SMILES string of the molecule is CCCCN(CC)C(C)CNC(C)C. The minimum atomic E-state index is 0.599. The van der Waals surface area contributed by atoms with Gasteiger partial charge in [0.25, 0.3) is 0 Å². The van der Waals surface area contributed by atoms with Crippen LogP contribution in [0, 0.1) is 0 Å². The highest BCUT2D eigenvalue weighted by Crippen LogP contribution is 2.01. The van der Waals surface area contributed by atoms with Crippen molar-refractivity contribution in [1.29, 1.82) is 0 Å². The van der Waals surface area contributed by atoms with Gasteiger partial charge in [-0.3, -0.25) is 4.90 Å². The van der Waals surface area contributed by atoms with Gasteiger partial charge in [-0.25, -0.2) is 0 Å². The summed E-state index contributed by atoms with van der Waals surface area (Å²) in [5, 5.41) is 3.49. The van der Waals surface area contributed by atoms with Gasteiger partial charge >= 0.3 is 0 Å². The Kier molecular flexibility index (Phi) is 8.20. The van der Waals surface area contributed by atoms with Crippen LogP contribution in [0.4, 0.5) is 0 Å². The minimum absolute atomic E-state index is 0.599. The maximum atomic E-state index is 3.49. The van der Waals surface area contributed by atoms with Gasteiger partial charge < -0.3 is 5.32 Å². The Hall–Kier alpha value is -0.0800. The summed E-state index contributed by atoms with van der Waals surface area (Å²) in [6.45, 7) is 14.7. The fourth-order valence-electron chi connectivity index (χ4n) is 1.59. The van der Waals surface area contributed by atoms with Crippen LogP contribution < -0.4 is 5.32 Å². The molecule has 0 aliphatic rings. The third-order valence-corrected chi connectivity index (χ3v) is 2.65. The van der Waals surface area contributed by atoms with Gasteiger partial charge in [-0.05, 0) is 26.4 Å². The van der Waals surface area contributed by atoms with Crippen LogP contribution in [0.1, 0.15) is 47.5 Å². The molecule has 0 aliphatic heterocycles. The van der Waals surface area contributed by atoms with Crippen molar-refractivity contribution in [3.05, 3.63) is 0 Å². The predicted octanol–water partition coefficient (Wildman–Crippen LogP) is 2.49. The van der Waals surface area contributed by atoms with Crippen molar-refractivity contribution in [2.75, 3.05) is 19.6 Å². The van der Waals surface area contributed by atoms with E-state index in [0.717, 1.165) is 6.54 Å². The zero-order chi connectivity index (χ0) is 11.0. The van der Waals surface area contributed by atoms with Gasteiger partial charge in [0.2, 0.25) is 0 Å². The molecule has 2 nitrogen and oxygen atoms in total. The van der Waals surface area contributed by atoms with E-state index in [9.17, 15) is 0 Å². The van der Waals surface area contributed by atoms with E-state index in [1.165, 1.54) is 25.9 Å². The lowest BCUT2D eigenvalue weighted by atomic mass is 10.2. The van der Waals surface area contributed by atoms with E-state index in [1.54, 1.807) is 0 Å². The monoisotopic (exact) mass is 200 g/mol. The van der Waals surface area contributed by atoms with E-state index in [1.807, 2.05) is 0 Å². The van der Waals surface area contributed by atoms with E-state index < -0.39 is 0 Å². The van der Waals surface area contributed by atoms with Gasteiger partial charge in [-0.15, -0.1) is 0 Å². The highest BCUT2D eigenvalue weighted by Gasteiger charge is 2.10. The molecule has 0 aromatic carbocycles. The van der Waals surface area contributed by atoms with Crippen LogP contribution in [-0.2, 0) is 0 Å². The third kappa shape index (κ3) is 6.39. The Bertz CT molecular complexity index is 123. The fourth-order valence-corrected chi connectivity index (χ4v) is 1.59. The van der Waals surface area contributed by atoms with Crippen LogP contribution in [-0.4, -0.2) is 36.6 Å². The molecule has 86 valence electrons. The zero-order valence-electron chi connectivity index (χ0n) is 10.6. The molecule has 0 aromatic rings. The molecule has 0 amide bonds. The standard InChI is InChI=1S/C12H28N2/c1-6-8-9-14(7-2)12(5)10-13-11(3)4/h11-13H,6-10H2,1-5H3. The van der Waals surface area contributed by atoms with Crippen LogP contribution in [0.15, 0.2) is 0 Å². The summed E-state index contributed by atoms with van der Waals surface area (Å²) in [6.07, 6.45) is 2.61. The molecule has 0 bridgehead atoms. The first kappa shape index (κ1) is 13.9. The molecule has 0 fully saturated rings. The summed E-state index contributed by atoms with van der Waals surface area (Å²) in [7, 11) is 0. The van der Waals surface area contributed by atoms with Gasteiger partial charge in [0.15, 0.2) is 0 Å². The molecule has 1 atom stereocenters. The predicted molar refractivity (Wildman–Crippen MR) is 64.8 cm³/mol. The second-order valence-electron chi connectivity index (χ2n) is 4.39. The second-order valence-corrected chi connectivity index (χ2v) is 4.39. The molecule has 1 unspecified atom stereocenters. The van der Waals surface area contributed by atoms with Crippen LogP contribution in [0.3, 0.4) is 0 Å². The molecule has 0 saturated carbocycles. The highest BCUT2D eigenvalue weighted by molar-refractivity contribution is 4.69. The number of hydrogen-bond donors (Lipinski definition) is 1. The highest BCUT2D eigenvalue weighted by atomic mass is 15.2. The molecular formula is C12H28N2. The van der Waals surface area contributed by atoms with Gasteiger partial charge in [0.1, 0.15) is 0 Å². The maximum Gasteiger partial charge on any atom is 0.0192 e. The number of unbranched alkanes of at least 4 members (excludes halogenated alkanes) is 1. The lowest BCUT2D eigenvalue weighted by Crippen LogP contribution is -2.42. The molecule has 2 heteroatoms. The molecule has 0 heterocycles. The van der Waals surface area contributed by atoms with Crippen molar-refractivity contribution in [2.24, 2.45) is 0 Å². The Balaban J connectivity index is 3.72. The molecule has 14 heavy (non-hydrogen) atoms. The van der Waals surface area contributed by atoms with Crippen LogP contribution in [0.2, 0.25) is 0 Å². The van der Waals surface area contributed by atoms with Gasteiger partial charge in [0.05, 0.1) is 0 Å². The summed E-state index contributed by atoms with van der Waals surface area (Å²) >= 11 is 0. The number of likely N-dealkylation sites (N-methyl/N-ethyl adjacent to an activating group) is 1. The lowest BCUT2D eigenvalue weighted by Gasteiger charge is -2.28. The molecule has 0 spiro atoms. The van der Waals surface area contributed by atoms with E-state index in [4.69, 9.17) is 0 Å². The van der Waals surface area contributed by atoms with Crippen molar-refractivity contribution < 1.29 is 0 Å². The van der Waals surface area contributed by atoms with Gasteiger partial charge in [-0.1, -0.05) is 34.1 Å². The van der Waals surface area contributed by atoms with Crippen LogP contribution >= 0.6 is 0 Å². The normalized spacial score (nSPS) is 13.9. The molecule has 0 saturated heterocycles. The number of nitrogens with one attached hydrogen (secondary N) is 1. The molecular weight excluding hydrogens is 172 g/mol. The molecule has 1 N–H and O–H groups in total. The van der Waals surface area contributed by atoms with Crippen molar-refractivity contribution in [3.63, 3.8) is 0 Å². The minimum Gasteiger partial charge on any atom is -0.313 e. The van der Waals surface area contributed by atoms with Crippen molar-refractivity contribution in [3.8, 4) is 0 Å². The summed E-state index contributed by atoms with van der Waals surface area (Å²) in [6, 6.07) is 1.26. The van der Waals surface area contributed by atoms with E-state index in [2.05, 4.69) is 44.8 Å². The Morgan fingerprint density at radius 3 is 2.21 bits per heavy atom. The van der Waals surface area contributed by atoms with Gasteiger partial charge in [-0.2, -0.15) is 0 Å². The first-order valence-electron chi connectivity index (χ1n) is 6.09. The van der Waals surface area contributed by atoms with Crippen molar-refractivity contribution in [2.45, 2.75) is 59.5 Å². The molecule has 0 aromatic heterocycles. The third-order valence-electron chi connectivity index (χ3n) is 2.65. The average Bonchev–Trinajstić information content (AvgIpc) is 2.16. The summed E-state index contributed by atoms with van der Waals surface area (Å²) in [4.78, 5) is 2.55. The second kappa shape index (κ2) is 8.25. The Morgan fingerprint density at radius 1 is 1.14 bits per heavy atom. The first-order valence-corrected chi connectivity index (χ1v) is 6.09. The van der Waals surface area contributed by atoms with Gasteiger partial charge in [0, 0.05) is 18.6 Å². The number of hydrogen-bond acceptors (Lipinski definition) is 2. The number of nitrogens with zero attached hydrogens (tertiary/aromatic N) is 1. The van der Waals surface area contributed by atoms with Crippen LogP contribution in [0.25, 0.3) is 0 Å². The average molecular weight is 200 g/mol. The maximum absolute atomic E-state index is 3.49. The molecule has 0 rings (SSSR count). The van der Waals surface area contributed by atoms with Crippen molar-refractivity contribution >= 4 is 0 Å². The summed E-state index contributed by atoms with van der Waals surface area (Å²) < 4.78 is 0. The lowest BCUT2D eigenvalue weighted by molar-refractivity contribution is 0.209. The Labute approximate surface area is 90.1 Å². The first-order chi connectivity index (χ1) is 6.61. The van der Waals surface area contributed by atoms with E-state index in [0.29, 0.717) is 12.1 Å². The Morgan fingerprint density at radius 2 is 1.79 bits per heavy atom. The largest absolute Gasteiger partial charge is 0.313 e. The summed E-state index contributed by atoms with van der Waals surface area (Å²) in [5.41, 5.74) is 0. The van der Waals surface area contributed by atoms with Crippen LogP contribution in [0.5, 0.6) is 0 Å². The molecule has 0 aliphatic carbocycles. The summed E-state index contributed by atoms with van der Waals surface area (Å²) in [5.74, 6) is 0. The smallest absolute Gasteiger partial charge is 0.0192 e. The van der Waals surface area contributed by atoms with Crippen molar-refractivity contribution in [1.82, 2.24) is 10.2 Å². The number of rotatable bonds is 8. The topological polar surface area (TPSA) is 15.3 Å². The quantitative estimate of drug-likeness (QED) is 0.647. The van der Waals surface area contributed by atoms with E-state index >= 15 is 0 Å². The molecule has 0 radical (unpaired) electrons. The zero-order valence-corrected chi connectivity index (χ0v) is 10.6.